The van der Waals surface area contributed by atoms with E-state index in [1.807, 2.05) is 0 Å². The molecule has 0 aliphatic rings. The summed E-state index contributed by atoms with van der Waals surface area (Å²) in [6, 6.07) is 6.72. The van der Waals surface area contributed by atoms with Gasteiger partial charge in [0.05, 0.1) is 10.6 Å². The SMILES string of the molecule is C[C@H](OC(=O)c1ccc(Cl)c(S(=O)(=O)Nc2ccc(F)cc2)c1)C(=O)NC(N)=O. The Balaban J connectivity index is 2.24. The number of carbonyl (C=O) groups excluding carboxylic acids is 3. The lowest BCUT2D eigenvalue weighted by Crippen LogP contribution is -2.42. The van der Waals surface area contributed by atoms with Crippen LogP contribution < -0.4 is 15.8 Å². The number of urea groups is 1. The fourth-order valence-electron chi connectivity index (χ4n) is 2.07. The quantitative estimate of drug-likeness (QED) is 0.582. The van der Waals surface area contributed by atoms with Gasteiger partial charge in [0.15, 0.2) is 6.10 Å². The standard InChI is InChI=1S/C17H15ClFN3O6S/c1-9(15(23)21-17(20)25)28-16(24)10-2-7-13(18)14(8-10)29(26,27)22-12-5-3-11(19)4-6-12/h2-9,22H,1H3,(H3,20,21,23,25)/t9-/m0/s1. The highest BCUT2D eigenvalue weighted by molar-refractivity contribution is 7.92. The van der Waals surface area contributed by atoms with Crippen molar-refractivity contribution < 1.29 is 31.9 Å². The summed E-state index contributed by atoms with van der Waals surface area (Å²) in [4.78, 5) is 34.0. The number of anilines is 1. The summed E-state index contributed by atoms with van der Waals surface area (Å²) < 4.78 is 45.2. The molecule has 0 aromatic heterocycles. The minimum absolute atomic E-state index is 0.0761. The molecule has 0 aliphatic heterocycles. The number of benzene rings is 2. The van der Waals surface area contributed by atoms with E-state index >= 15 is 0 Å². The molecule has 0 unspecified atom stereocenters. The van der Waals surface area contributed by atoms with Gasteiger partial charge in [-0.1, -0.05) is 11.6 Å². The highest BCUT2D eigenvalue weighted by Crippen LogP contribution is 2.25. The summed E-state index contributed by atoms with van der Waals surface area (Å²) in [7, 11) is -4.23. The smallest absolute Gasteiger partial charge is 0.338 e. The van der Waals surface area contributed by atoms with E-state index in [0.717, 1.165) is 24.3 Å². The summed E-state index contributed by atoms with van der Waals surface area (Å²) >= 11 is 5.94. The van der Waals surface area contributed by atoms with Gasteiger partial charge < -0.3 is 10.5 Å². The number of nitrogens with two attached hydrogens (primary N) is 1. The predicted octanol–water partition coefficient (Wildman–Crippen LogP) is 2.02. The van der Waals surface area contributed by atoms with E-state index in [1.165, 1.54) is 25.1 Å². The number of sulfonamides is 1. The van der Waals surface area contributed by atoms with Gasteiger partial charge >= 0.3 is 12.0 Å². The third kappa shape index (κ3) is 5.90. The van der Waals surface area contributed by atoms with E-state index in [0.29, 0.717) is 0 Å². The first kappa shape index (κ1) is 22.1. The number of carbonyl (C=O) groups is 3. The Kier molecular flexibility index (Phi) is 6.77. The molecule has 154 valence electrons. The number of rotatable bonds is 6. The molecule has 1 atom stereocenters. The lowest BCUT2D eigenvalue weighted by Gasteiger charge is -2.13. The first-order valence-corrected chi connectivity index (χ1v) is 9.75. The zero-order valence-corrected chi connectivity index (χ0v) is 16.4. The fourth-order valence-corrected chi connectivity index (χ4v) is 3.65. The highest BCUT2D eigenvalue weighted by atomic mass is 35.5. The van der Waals surface area contributed by atoms with E-state index in [1.54, 1.807) is 5.32 Å². The van der Waals surface area contributed by atoms with Crippen molar-refractivity contribution in [2.45, 2.75) is 17.9 Å². The lowest BCUT2D eigenvalue weighted by atomic mass is 10.2. The van der Waals surface area contributed by atoms with Crippen LogP contribution in [0.5, 0.6) is 0 Å². The second-order valence-corrected chi connectivity index (χ2v) is 7.72. The van der Waals surface area contributed by atoms with Crippen molar-refractivity contribution in [3.63, 3.8) is 0 Å². The van der Waals surface area contributed by atoms with Gasteiger partial charge in [0, 0.05) is 5.69 Å². The van der Waals surface area contributed by atoms with Crippen LogP contribution in [0.1, 0.15) is 17.3 Å². The van der Waals surface area contributed by atoms with Crippen LogP contribution in [0, 0.1) is 5.82 Å². The molecule has 0 aliphatic carbocycles. The molecule has 0 fully saturated rings. The number of amides is 3. The topological polar surface area (TPSA) is 145 Å². The fraction of sp³-hybridized carbons (Fsp3) is 0.118. The van der Waals surface area contributed by atoms with Gasteiger partial charge in [-0.15, -0.1) is 0 Å². The Morgan fingerprint density at radius 2 is 1.76 bits per heavy atom. The zero-order valence-electron chi connectivity index (χ0n) is 14.8. The van der Waals surface area contributed by atoms with Crippen LogP contribution in [0.2, 0.25) is 5.02 Å². The van der Waals surface area contributed by atoms with Crippen LogP contribution >= 0.6 is 11.6 Å². The van der Waals surface area contributed by atoms with Gasteiger partial charge in [0.25, 0.3) is 15.9 Å². The Morgan fingerprint density at radius 1 is 1.14 bits per heavy atom. The molecule has 2 aromatic carbocycles. The third-order valence-electron chi connectivity index (χ3n) is 3.45. The van der Waals surface area contributed by atoms with Gasteiger partial charge in [-0.3, -0.25) is 14.8 Å². The average molecular weight is 444 g/mol. The van der Waals surface area contributed by atoms with Gasteiger partial charge in [0.2, 0.25) is 0 Å². The molecule has 9 nitrogen and oxygen atoms in total. The predicted molar refractivity (Wildman–Crippen MR) is 101 cm³/mol. The number of halogens is 2. The average Bonchev–Trinajstić information content (AvgIpc) is 2.63. The van der Waals surface area contributed by atoms with E-state index in [-0.39, 0.29) is 16.3 Å². The summed E-state index contributed by atoms with van der Waals surface area (Å²) in [5, 5.41) is 1.56. The van der Waals surface area contributed by atoms with Crippen molar-refractivity contribution in [3.05, 3.63) is 58.9 Å². The molecule has 2 aromatic rings. The first-order chi connectivity index (χ1) is 13.5. The number of nitrogens with one attached hydrogen (secondary N) is 2. The van der Waals surface area contributed by atoms with E-state index < -0.39 is 44.7 Å². The molecule has 12 heteroatoms. The van der Waals surface area contributed by atoms with Crippen LogP contribution in [-0.2, 0) is 19.6 Å². The van der Waals surface area contributed by atoms with Gasteiger partial charge in [-0.05, 0) is 49.4 Å². The van der Waals surface area contributed by atoms with Crippen LogP contribution in [0.25, 0.3) is 0 Å². The monoisotopic (exact) mass is 443 g/mol. The van der Waals surface area contributed by atoms with Crippen LogP contribution in [0.4, 0.5) is 14.9 Å². The summed E-state index contributed by atoms with van der Waals surface area (Å²) in [5.74, 6) is -2.54. The van der Waals surface area contributed by atoms with E-state index in [9.17, 15) is 27.2 Å². The van der Waals surface area contributed by atoms with Gasteiger partial charge in [0.1, 0.15) is 10.7 Å². The third-order valence-corrected chi connectivity index (χ3v) is 5.32. The number of primary amides is 1. The molecule has 0 saturated heterocycles. The molecule has 0 radical (unpaired) electrons. The molecule has 0 spiro atoms. The van der Waals surface area contributed by atoms with Gasteiger partial charge in [-0.25, -0.2) is 22.4 Å². The van der Waals surface area contributed by atoms with Crippen molar-refractivity contribution in [2.24, 2.45) is 5.73 Å². The lowest BCUT2D eigenvalue weighted by molar-refractivity contribution is -0.127. The maximum Gasteiger partial charge on any atom is 0.338 e. The first-order valence-electron chi connectivity index (χ1n) is 7.89. The normalized spacial score (nSPS) is 12.0. The number of ether oxygens (including phenoxy) is 1. The molecule has 0 heterocycles. The Bertz CT molecular complexity index is 1060. The summed E-state index contributed by atoms with van der Waals surface area (Å²) in [6.07, 6.45) is -1.37. The summed E-state index contributed by atoms with van der Waals surface area (Å²) in [6.45, 7) is 1.19. The van der Waals surface area contributed by atoms with Crippen molar-refractivity contribution in [1.29, 1.82) is 0 Å². The van der Waals surface area contributed by atoms with E-state index in [2.05, 4.69) is 4.72 Å². The molecular weight excluding hydrogens is 429 g/mol. The van der Waals surface area contributed by atoms with Crippen LogP contribution in [0.3, 0.4) is 0 Å². The van der Waals surface area contributed by atoms with Crippen molar-refractivity contribution in [1.82, 2.24) is 5.32 Å². The zero-order chi connectivity index (χ0) is 21.8. The van der Waals surface area contributed by atoms with Crippen LogP contribution in [0.15, 0.2) is 47.4 Å². The Morgan fingerprint density at radius 3 is 2.34 bits per heavy atom. The molecule has 0 saturated carbocycles. The Hall–Kier alpha value is -3.18. The number of hydrogen-bond donors (Lipinski definition) is 3. The minimum atomic E-state index is -4.23. The van der Waals surface area contributed by atoms with Crippen molar-refractivity contribution in [3.8, 4) is 0 Å². The summed E-state index contributed by atoms with van der Waals surface area (Å²) in [5.41, 5.74) is 4.67. The molecule has 3 amide bonds. The largest absolute Gasteiger partial charge is 0.449 e. The maximum absolute atomic E-state index is 13.0. The van der Waals surface area contributed by atoms with Crippen LogP contribution in [-0.4, -0.2) is 32.4 Å². The molecule has 0 bridgehead atoms. The highest BCUT2D eigenvalue weighted by Gasteiger charge is 2.24. The van der Waals surface area contributed by atoms with E-state index in [4.69, 9.17) is 22.1 Å². The maximum atomic E-state index is 13.0. The van der Waals surface area contributed by atoms with Crippen molar-refractivity contribution >= 4 is 45.2 Å². The number of imide groups is 1. The van der Waals surface area contributed by atoms with Gasteiger partial charge in [-0.2, -0.15) is 0 Å². The number of hydrogen-bond acceptors (Lipinski definition) is 6. The van der Waals surface area contributed by atoms with Crippen molar-refractivity contribution in [2.75, 3.05) is 4.72 Å². The molecule has 2 rings (SSSR count). The Labute approximate surface area is 170 Å². The molecule has 4 N–H and O–H groups in total. The second-order valence-electron chi connectivity index (χ2n) is 5.66. The molecule has 29 heavy (non-hydrogen) atoms. The minimum Gasteiger partial charge on any atom is -0.449 e. The number of esters is 1. The second kappa shape index (κ2) is 8.88. The molecular formula is C17H15ClFN3O6S.